The van der Waals surface area contributed by atoms with Crippen LogP contribution in [0.15, 0.2) is 42.7 Å². The van der Waals surface area contributed by atoms with Crippen LogP contribution < -0.4 is 4.74 Å². The Morgan fingerprint density at radius 3 is 2.89 bits per heavy atom. The second-order valence-corrected chi connectivity index (χ2v) is 4.25. The van der Waals surface area contributed by atoms with E-state index in [0.717, 1.165) is 16.5 Å². The highest BCUT2D eigenvalue weighted by molar-refractivity contribution is 5.82. The predicted molar refractivity (Wildman–Crippen MR) is 70.9 cm³/mol. The van der Waals surface area contributed by atoms with Gasteiger partial charge in [-0.05, 0) is 11.6 Å². The molecule has 2 aromatic heterocycles. The van der Waals surface area contributed by atoms with E-state index in [1.807, 2.05) is 31.3 Å². The zero-order chi connectivity index (χ0) is 13.2. The summed E-state index contributed by atoms with van der Waals surface area (Å²) in [5.41, 5.74) is 1.59. The van der Waals surface area contributed by atoms with Crippen LogP contribution in [0.2, 0.25) is 0 Å². The summed E-state index contributed by atoms with van der Waals surface area (Å²) in [5, 5.41) is 14.4. The second kappa shape index (κ2) is 4.70. The third-order valence-corrected chi connectivity index (χ3v) is 2.85. The number of hydrogen-bond donors (Lipinski definition) is 1. The number of para-hydroxylation sites is 1. The van der Waals surface area contributed by atoms with Crippen LogP contribution in [0.25, 0.3) is 10.9 Å². The van der Waals surface area contributed by atoms with E-state index in [1.165, 1.54) is 0 Å². The average Bonchev–Trinajstić information content (AvgIpc) is 2.83. The fraction of sp³-hybridized carbons (Fsp3) is 0.143. The topological polar surface area (TPSA) is 60.2 Å². The van der Waals surface area contributed by atoms with Gasteiger partial charge in [-0.2, -0.15) is 5.10 Å². The number of hydrogen-bond acceptors (Lipinski definition) is 4. The maximum absolute atomic E-state index is 9.43. The number of aromatic nitrogens is 3. The van der Waals surface area contributed by atoms with Crippen LogP contribution in [0.1, 0.15) is 5.56 Å². The smallest absolute Gasteiger partial charge is 0.220 e. The quantitative estimate of drug-likeness (QED) is 0.779. The molecule has 0 radical (unpaired) electrons. The van der Waals surface area contributed by atoms with Gasteiger partial charge in [0.1, 0.15) is 0 Å². The first kappa shape index (κ1) is 11.7. The number of aliphatic hydroxyl groups is 1. The predicted octanol–water partition coefficient (Wildman–Crippen LogP) is 2.25. The first-order chi connectivity index (χ1) is 9.26. The van der Waals surface area contributed by atoms with E-state index in [1.54, 1.807) is 23.1 Å². The zero-order valence-corrected chi connectivity index (χ0v) is 10.4. The number of aryl methyl sites for hydroxylation is 1. The van der Waals surface area contributed by atoms with E-state index < -0.39 is 0 Å². The van der Waals surface area contributed by atoms with Crippen LogP contribution >= 0.6 is 0 Å². The molecule has 19 heavy (non-hydrogen) atoms. The van der Waals surface area contributed by atoms with Crippen LogP contribution in [-0.4, -0.2) is 19.9 Å². The van der Waals surface area contributed by atoms with Crippen LogP contribution in [-0.2, 0) is 13.7 Å². The van der Waals surface area contributed by atoms with Gasteiger partial charge in [-0.3, -0.25) is 4.68 Å². The molecule has 0 atom stereocenters. The lowest BCUT2D eigenvalue weighted by atomic mass is 10.1. The summed E-state index contributed by atoms with van der Waals surface area (Å²) in [7, 11) is 1.82. The molecule has 5 heteroatoms. The summed E-state index contributed by atoms with van der Waals surface area (Å²) in [4.78, 5) is 4.42. The molecule has 2 heterocycles. The van der Waals surface area contributed by atoms with Gasteiger partial charge in [0.15, 0.2) is 5.75 Å². The van der Waals surface area contributed by atoms with Crippen molar-refractivity contribution in [2.75, 3.05) is 0 Å². The second-order valence-electron chi connectivity index (χ2n) is 4.25. The van der Waals surface area contributed by atoms with Gasteiger partial charge in [-0.25, -0.2) is 4.98 Å². The van der Waals surface area contributed by atoms with Crippen molar-refractivity contribution in [3.8, 4) is 11.6 Å². The van der Waals surface area contributed by atoms with Crippen LogP contribution in [0, 0.1) is 0 Å². The minimum absolute atomic E-state index is 0.0492. The highest BCUT2D eigenvalue weighted by Crippen LogP contribution is 2.25. The molecule has 0 spiro atoms. The maximum atomic E-state index is 9.43. The lowest BCUT2D eigenvalue weighted by Crippen LogP contribution is -1.93. The van der Waals surface area contributed by atoms with Crippen molar-refractivity contribution >= 4 is 10.9 Å². The Balaban J connectivity index is 2.04. The number of nitrogens with zero attached hydrogens (tertiary/aromatic N) is 3. The molecular weight excluding hydrogens is 242 g/mol. The molecule has 1 aromatic carbocycles. The summed E-state index contributed by atoms with van der Waals surface area (Å²) in [6, 6.07) is 9.40. The van der Waals surface area contributed by atoms with Crippen molar-refractivity contribution in [2.24, 2.45) is 7.05 Å². The third-order valence-electron chi connectivity index (χ3n) is 2.85. The number of fused-ring (bicyclic) bond motifs is 1. The Bertz CT molecular complexity index is 722. The lowest BCUT2D eigenvalue weighted by molar-refractivity contribution is 0.282. The molecule has 3 rings (SSSR count). The monoisotopic (exact) mass is 255 g/mol. The first-order valence-electron chi connectivity index (χ1n) is 5.92. The molecule has 0 aliphatic rings. The molecule has 0 amide bonds. The van der Waals surface area contributed by atoms with Crippen molar-refractivity contribution in [2.45, 2.75) is 6.61 Å². The minimum Gasteiger partial charge on any atom is -0.436 e. The first-order valence-corrected chi connectivity index (χ1v) is 5.92. The van der Waals surface area contributed by atoms with Gasteiger partial charge in [0, 0.05) is 18.5 Å². The number of rotatable bonds is 3. The van der Waals surface area contributed by atoms with Gasteiger partial charge in [0.2, 0.25) is 5.88 Å². The number of benzene rings is 1. The lowest BCUT2D eigenvalue weighted by Gasteiger charge is -2.07. The zero-order valence-electron chi connectivity index (χ0n) is 10.4. The summed E-state index contributed by atoms with van der Waals surface area (Å²) in [5.74, 6) is 1.07. The highest BCUT2D eigenvalue weighted by Gasteiger charge is 2.07. The molecule has 3 aromatic rings. The van der Waals surface area contributed by atoms with E-state index in [0.29, 0.717) is 11.6 Å². The van der Waals surface area contributed by atoms with Crippen molar-refractivity contribution in [1.29, 1.82) is 0 Å². The highest BCUT2D eigenvalue weighted by atomic mass is 16.5. The molecule has 0 aliphatic heterocycles. The molecule has 0 fully saturated rings. The van der Waals surface area contributed by atoms with Gasteiger partial charge < -0.3 is 9.84 Å². The molecule has 1 N–H and O–H groups in total. The molecule has 96 valence electrons. The van der Waals surface area contributed by atoms with E-state index in [9.17, 15) is 5.11 Å². The third kappa shape index (κ3) is 2.28. The summed E-state index contributed by atoms with van der Waals surface area (Å²) >= 11 is 0. The fourth-order valence-corrected chi connectivity index (χ4v) is 1.98. The Morgan fingerprint density at radius 1 is 1.32 bits per heavy atom. The van der Waals surface area contributed by atoms with Gasteiger partial charge in [0.05, 0.1) is 24.5 Å². The van der Waals surface area contributed by atoms with Crippen molar-refractivity contribution in [1.82, 2.24) is 14.8 Å². The summed E-state index contributed by atoms with van der Waals surface area (Å²) in [6.07, 6.45) is 3.38. The number of pyridine rings is 1. The molecule has 0 bridgehead atoms. The van der Waals surface area contributed by atoms with Crippen molar-refractivity contribution < 1.29 is 9.84 Å². The standard InChI is InChI=1S/C14H13N3O2/c1-17-8-11(7-15-17)19-14-6-10(9-18)12-4-2-3-5-13(12)16-14/h2-8,18H,9H2,1H3. The number of aliphatic hydroxyl groups excluding tert-OH is 1. The normalized spacial score (nSPS) is 10.8. The number of ether oxygens (including phenoxy) is 1. The van der Waals surface area contributed by atoms with Gasteiger partial charge in [-0.1, -0.05) is 18.2 Å². The fourth-order valence-electron chi connectivity index (χ4n) is 1.98. The Kier molecular flexibility index (Phi) is 2.89. The van der Waals surface area contributed by atoms with E-state index in [2.05, 4.69) is 10.1 Å². The Morgan fingerprint density at radius 2 is 2.16 bits per heavy atom. The van der Waals surface area contributed by atoms with Crippen LogP contribution in [0.3, 0.4) is 0 Å². The molecule has 0 saturated heterocycles. The van der Waals surface area contributed by atoms with Gasteiger partial charge >= 0.3 is 0 Å². The average molecular weight is 255 g/mol. The van der Waals surface area contributed by atoms with Crippen molar-refractivity contribution in [3.63, 3.8) is 0 Å². The summed E-state index contributed by atoms with van der Waals surface area (Å²) < 4.78 is 7.30. The largest absolute Gasteiger partial charge is 0.436 e. The Hall–Kier alpha value is -2.40. The molecule has 0 unspecified atom stereocenters. The molecule has 5 nitrogen and oxygen atoms in total. The van der Waals surface area contributed by atoms with Gasteiger partial charge in [0.25, 0.3) is 0 Å². The van der Waals surface area contributed by atoms with Crippen LogP contribution in [0.5, 0.6) is 11.6 Å². The van der Waals surface area contributed by atoms with Crippen molar-refractivity contribution in [3.05, 3.63) is 48.3 Å². The molecular formula is C14H13N3O2. The molecule has 0 saturated carbocycles. The maximum Gasteiger partial charge on any atom is 0.220 e. The van der Waals surface area contributed by atoms with Gasteiger partial charge in [-0.15, -0.1) is 0 Å². The van der Waals surface area contributed by atoms with E-state index in [-0.39, 0.29) is 6.61 Å². The Labute approximate surface area is 110 Å². The minimum atomic E-state index is -0.0492. The van der Waals surface area contributed by atoms with Crippen LogP contribution in [0.4, 0.5) is 0 Å². The molecule has 0 aliphatic carbocycles. The van der Waals surface area contributed by atoms with E-state index in [4.69, 9.17) is 4.74 Å². The van der Waals surface area contributed by atoms with E-state index >= 15 is 0 Å². The SMILES string of the molecule is Cn1cc(Oc2cc(CO)c3ccccc3n2)cn1. The summed E-state index contributed by atoms with van der Waals surface area (Å²) in [6.45, 7) is -0.0492.